The molecule has 0 saturated carbocycles. The molecule has 6 nitrogen and oxygen atoms in total. The number of carbonyl (C=O) groups is 2. The van der Waals surface area contributed by atoms with E-state index in [1.807, 2.05) is 13.8 Å². The molecule has 2 rings (SSSR count). The van der Waals surface area contributed by atoms with Crippen LogP contribution < -0.4 is 4.74 Å². The number of aromatic nitrogens is 1. The van der Waals surface area contributed by atoms with E-state index in [1.165, 1.54) is 6.20 Å². The molecule has 0 unspecified atom stereocenters. The summed E-state index contributed by atoms with van der Waals surface area (Å²) in [5.41, 5.74) is 0.535. The van der Waals surface area contributed by atoms with Crippen LogP contribution in [-0.2, 0) is 4.79 Å². The number of nitrogens with zero attached hydrogens (tertiary/aromatic N) is 2. The molecule has 1 aliphatic heterocycles. The minimum Gasteiger partial charge on any atom is -0.481 e. The first-order chi connectivity index (χ1) is 10.5. The van der Waals surface area contributed by atoms with Gasteiger partial charge < -0.3 is 14.7 Å². The van der Waals surface area contributed by atoms with Gasteiger partial charge in [-0.3, -0.25) is 9.59 Å². The van der Waals surface area contributed by atoms with Gasteiger partial charge in [0.2, 0.25) is 5.88 Å². The Morgan fingerprint density at radius 3 is 2.55 bits per heavy atom. The summed E-state index contributed by atoms with van der Waals surface area (Å²) >= 11 is 0. The van der Waals surface area contributed by atoms with Gasteiger partial charge in [-0.25, -0.2) is 4.98 Å². The van der Waals surface area contributed by atoms with Crippen molar-refractivity contribution < 1.29 is 19.4 Å². The number of carboxylic acids is 1. The molecule has 1 N–H and O–H groups in total. The van der Waals surface area contributed by atoms with Crippen LogP contribution in [0.3, 0.4) is 0 Å². The highest BCUT2D eigenvalue weighted by Crippen LogP contribution is 2.22. The zero-order valence-electron chi connectivity index (χ0n) is 13.0. The van der Waals surface area contributed by atoms with Gasteiger partial charge in [0.25, 0.3) is 5.91 Å². The van der Waals surface area contributed by atoms with E-state index in [9.17, 15) is 9.59 Å². The van der Waals surface area contributed by atoms with Crippen molar-refractivity contribution in [3.05, 3.63) is 23.9 Å². The number of amides is 1. The lowest BCUT2D eigenvalue weighted by molar-refractivity contribution is -0.138. The average Bonchev–Trinajstić information content (AvgIpc) is 2.47. The number of ether oxygens (including phenoxy) is 1. The highest BCUT2D eigenvalue weighted by molar-refractivity contribution is 5.94. The van der Waals surface area contributed by atoms with Crippen LogP contribution in [0.25, 0.3) is 0 Å². The largest absolute Gasteiger partial charge is 0.481 e. The molecule has 2 heterocycles. The first-order valence-electron chi connectivity index (χ1n) is 7.59. The number of carbonyl (C=O) groups excluding carboxylic acids is 1. The molecular formula is C16H22N2O4. The van der Waals surface area contributed by atoms with Crippen molar-refractivity contribution in [3.63, 3.8) is 0 Å². The van der Waals surface area contributed by atoms with Gasteiger partial charge in [-0.05, 0) is 38.7 Å². The van der Waals surface area contributed by atoms with Crippen molar-refractivity contribution in [2.45, 2.75) is 39.2 Å². The molecular weight excluding hydrogens is 284 g/mol. The van der Waals surface area contributed by atoms with Crippen molar-refractivity contribution in [3.8, 4) is 5.88 Å². The smallest absolute Gasteiger partial charge is 0.303 e. The predicted octanol–water partition coefficient (Wildman–Crippen LogP) is 2.20. The molecule has 0 radical (unpaired) electrons. The first kappa shape index (κ1) is 16.3. The van der Waals surface area contributed by atoms with Gasteiger partial charge in [-0.1, -0.05) is 0 Å². The number of hydrogen-bond donors (Lipinski definition) is 1. The third-order valence-corrected chi connectivity index (χ3v) is 3.70. The summed E-state index contributed by atoms with van der Waals surface area (Å²) in [7, 11) is 0. The van der Waals surface area contributed by atoms with Crippen LogP contribution in [0.15, 0.2) is 18.3 Å². The standard InChI is InChI=1S/C16H22N2O4/c1-11(2)22-14-4-3-13(10-17-14)16(21)18-7-5-12(6-8-18)9-15(19)20/h3-4,10-12H,5-9H2,1-2H3,(H,19,20). The molecule has 1 amide bonds. The molecule has 1 saturated heterocycles. The Kier molecular flexibility index (Phi) is 5.35. The van der Waals surface area contributed by atoms with Crippen LogP contribution in [0.1, 0.15) is 43.5 Å². The summed E-state index contributed by atoms with van der Waals surface area (Å²) < 4.78 is 5.45. The molecule has 0 spiro atoms. The molecule has 1 aromatic heterocycles. The molecule has 1 aliphatic rings. The van der Waals surface area contributed by atoms with E-state index in [4.69, 9.17) is 9.84 Å². The molecule has 6 heteroatoms. The van der Waals surface area contributed by atoms with Gasteiger partial charge in [-0.15, -0.1) is 0 Å². The number of piperidine rings is 1. The summed E-state index contributed by atoms with van der Waals surface area (Å²) in [6.07, 6.45) is 3.23. The van der Waals surface area contributed by atoms with Crippen LogP contribution in [-0.4, -0.2) is 46.1 Å². The maximum Gasteiger partial charge on any atom is 0.303 e. The van der Waals surface area contributed by atoms with Gasteiger partial charge in [0, 0.05) is 31.8 Å². The minimum atomic E-state index is -0.769. The van der Waals surface area contributed by atoms with E-state index < -0.39 is 5.97 Å². The Hall–Kier alpha value is -2.11. The van der Waals surface area contributed by atoms with Crippen LogP contribution in [0.5, 0.6) is 5.88 Å². The number of carboxylic acid groups (broad SMARTS) is 1. The topological polar surface area (TPSA) is 79.7 Å². The summed E-state index contributed by atoms with van der Waals surface area (Å²) in [4.78, 5) is 29.0. The van der Waals surface area contributed by atoms with Crippen molar-refractivity contribution in [2.24, 2.45) is 5.92 Å². The van der Waals surface area contributed by atoms with Gasteiger partial charge in [-0.2, -0.15) is 0 Å². The van der Waals surface area contributed by atoms with Crippen LogP contribution in [0.4, 0.5) is 0 Å². The highest BCUT2D eigenvalue weighted by Gasteiger charge is 2.25. The summed E-state index contributed by atoms with van der Waals surface area (Å²) in [6.45, 7) is 5.03. The second-order valence-electron chi connectivity index (χ2n) is 5.89. The lowest BCUT2D eigenvalue weighted by Crippen LogP contribution is -2.38. The van der Waals surface area contributed by atoms with E-state index in [0.29, 0.717) is 24.5 Å². The first-order valence-corrected chi connectivity index (χ1v) is 7.59. The number of rotatable bonds is 5. The van der Waals surface area contributed by atoms with Crippen LogP contribution >= 0.6 is 0 Å². The molecule has 0 aromatic carbocycles. The third kappa shape index (κ3) is 4.44. The molecule has 120 valence electrons. The van der Waals surface area contributed by atoms with E-state index in [-0.39, 0.29) is 24.3 Å². The van der Waals surface area contributed by atoms with Crippen LogP contribution in [0.2, 0.25) is 0 Å². The Morgan fingerprint density at radius 1 is 1.36 bits per heavy atom. The fourth-order valence-electron chi connectivity index (χ4n) is 2.59. The van der Waals surface area contributed by atoms with Crippen molar-refractivity contribution in [1.82, 2.24) is 9.88 Å². The fraction of sp³-hybridized carbons (Fsp3) is 0.562. The predicted molar refractivity (Wildman–Crippen MR) is 80.9 cm³/mol. The summed E-state index contributed by atoms with van der Waals surface area (Å²) in [5, 5.41) is 8.81. The van der Waals surface area contributed by atoms with E-state index in [2.05, 4.69) is 4.98 Å². The Morgan fingerprint density at radius 2 is 2.05 bits per heavy atom. The van der Waals surface area contributed by atoms with E-state index in [1.54, 1.807) is 17.0 Å². The monoisotopic (exact) mass is 306 g/mol. The van der Waals surface area contributed by atoms with Gasteiger partial charge in [0.05, 0.1) is 11.7 Å². The molecule has 1 fully saturated rings. The van der Waals surface area contributed by atoms with Gasteiger partial charge in [0.1, 0.15) is 0 Å². The maximum absolute atomic E-state index is 12.4. The van der Waals surface area contributed by atoms with Crippen molar-refractivity contribution in [1.29, 1.82) is 0 Å². The molecule has 0 atom stereocenters. The third-order valence-electron chi connectivity index (χ3n) is 3.70. The van der Waals surface area contributed by atoms with Gasteiger partial charge >= 0.3 is 5.97 Å². The van der Waals surface area contributed by atoms with E-state index in [0.717, 1.165) is 12.8 Å². The zero-order valence-corrected chi connectivity index (χ0v) is 13.0. The molecule has 0 aliphatic carbocycles. The second-order valence-corrected chi connectivity index (χ2v) is 5.89. The Labute approximate surface area is 130 Å². The number of hydrogen-bond acceptors (Lipinski definition) is 4. The molecule has 1 aromatic rings. The van der Waals surface area contributed by atoms with Crippen molar-refractivity contribution in [2.75, 3.05) is 13.1 Å². The molecule has 0 bridgehead atoms. The normalized spacial score (nSPS) is 15.9. The highest BCUT2D eigenvalue weighted by atomic mass is 16.5. The summed E-state index contributed by atoms with van der Waals surface area (Å²) in [6, 6.07) is 3.42. The lowest BCUT2D eigenvalue weighted by Gasteiger charge is -2.31. The number of likely N-dealkylation sites (tertiary alicyclic amines) is 1. The maximum atomic E-state index is 12.4. The number of pyridine rings is 1. The lowest BCUT2D eigenvalue weighted by atomic mass is 9.93. The fourth-order valence-corrected chi connectivity index (χ4v) is 2.59. The quantitative estimate of drug-likeness (QED) is 0.902. The summed E-state index contributed by atoms with van der Waals surface area (Å²) in [5.74, 6) is -0.153. The Bertz CT molecular complexity index is 519. The minimum absolute atomic E-state index is 0.0438. The average molecular weight is 306 g/mol. The SMILES string of the molecule is CC(C)Oc1ccc(C(=O)N2CCC(CC(=O)O)CC2)cn1. The molecule has 22 heavy (non-hydrogen) atoms. The van der Waals surface area contributed by atoms with E-state index >= 15 is 0 Å². The van der Waals surface area contributed by atoms with Crippen LogP contribution in [0, 0.1) is 5.92 Å². The van der Waals surface area contributed by atoms with Gasteiger partial charge in [0.15, 0.2) is 0 Å². The zero-order chi connectivity index (χ0) is 16.1. The van der Waals surface area contributed by atoms with Crippen molar-refractivity contribution >= 4 is 11.9 Å². The number of aliphatic carboxylic acids is 1. The second kappa shape index (κ2) is 7.24. The Balaban J connectivity index is 1.91.